The van der Waals surface area contributed by atoms with Crippen molar-refractivity contribution in [1.82, 2.24) is 4.90 Å². The summed E-state index contributed by atoms with van der Waals surface area (Å²) in [6, 6.07) is 0.0164. The van der Waals surface area contributed by atoms with Crippen molar-refractivity contribution in [2.75, 3.05) is 13.7 Å². The molecule has 0 aromatic carbocycles. The Morgan fingerprint density at radius 3 is 3.00 bits per heavy atom. The molecule has 1 aliphatic carbocycles. The second kappa shape index (κ2) is 4.97. The lowest BCUT2D eigenvalue weighted by atomic mass is 10.0. The first-order valence-corrected chi connectivity index (χ1v) is 5.90. The minimum atomic E-state index is -0.403. The SMILES string of the molecule is COC(=O)[C@@H]1C[C@H](O)CN1C1C=CCCC1. The molecule has 0 amide bonds. The van der Waals surface area contributed by atoms with E-state index in [0.717, 1.165) is 19.3 Å². The van der Waals surface area contributed by atoms with E-state index in [-0.39, 0.29) is 18.1 Å². The summed E-state index contributed by atoms with van der Waals surface area (Å²) >= 11 is 0. The lowest BCUT2D eigenvalue weighted by Gasteiger charge is -2.31. The number of nitrogens with zero attached hydrogens (tertiary/aromatic N) is 1. The summed E-state index contributed by atoms with van der Waals surface area (Å²) in [5, 5.41) is 9.67. The van der Waals surface area contributed by atoms with Gasteiger partial charge in [0.15, 0.2) is 0 Å². The Morgan fingerprint density at radius 1 is 1.56 bits per heavy atom. The minimum absolute atomic E-state index is 0.226. The van der Waals surface area contributed by atoms with Gasteiger partial charge in [-0.3, -0.25) is 9.69 Å². The molecule has 16 heavy (non-hydrogen) atoms. The van der Waals surface area contributed by atoms with Crippen LogP contribution in [0.4, 0.5) is 0 Å². The second-order valence-electron chi connectivity index (χ2n) is 4.55. The normalized spacial score (nSPS) is 35.2. The lowest BCUT2D eigenvalue weighted by molar-refractivity contribution is -0.146. The van der Waals surface area contributed by atoms with Crippen molar-refractivity contribution in [2.45, 2.75) is 43.9 Å². The molecule has 1 N–H and O–H groups in total. The Labute approximate surface area is 95.9 Å². The fraction of sp³-hybridized carbons (Fsp3) is 0.750. The number of hydrogen-bond donors (Lipinski definition) is 1. The van der Waals surface area contributed by atoms with Gasteiger partial charge in [0.2, 0.25) is 0 Å². The van der Waals surface area contributed by atoms with Crippen LogP contribution in [0.5, 0.6) is 0 Å². The number of carbonyl (C=O) groups is 1. The van der Waals surface area contributed by atoms with E-state index in [1.807, 2.05) is 0 Å². The summed E-state index contributed by atoms with van der Waals surface area (Å²) in [6.45, 7) is 0.578. The van der Waals surface area contributed by atoms with Crippen LogP contribution in [0, 0.1) is 0 Å². The third kappa shape index (κ3) is 2.28. The summed E-state index contributed by atoms with van der Waals surface area (Å²) in [4.78, 5) is 13.7. The highest BCUT2D eigenvalue weighted by molar-refractivity contribution is 5.76. The number of methoxy groups -OCH3 is 1. The van der Waals surface area contributed by atoms with E-state index in [4.69, 9.17) is 4.74 Å². The van der Waals surface area contributed by atoms with E-state index in [2.05, 4.69) is 17.1 Å². The van der Waals surface area contributed by atoms with Crippen LogP contribution in [0.2, 0.25) is 0 Å². The van der Waals surface area contributed by atoms with Crippen molar-refractivity contribution >= 4 is 5.97 Å². The number of carbonyl (C=O) groups excluding carboxylic acids is 1. The van der Waals surface area contributed by atoms with E-state index < -0.39 is 6.10 Å². The molecule has 0 bridgehead atoms. The van der Waals surface area contributed by atoms with Crippen LogP contribution in [0.25, 0.3) is 0 Å². The highest BCUT2D eigenvalue weighted by Crippen LogP contribution is 2.26. The Kier molecular flexibility index (Phi) is 3.61. The summed E-state index contributed by atoms with van der Waals surface area (Å²) < 4.78 is 4.79. The molecule has 0 spiro atoms. The number of hydrogen-bond acceptors (Lipinski definition) is 4. The predicted molar refractivity (Wildman–Crippen MR) is 59.9 cm³/mol. The Balaban J connectivity index is 2.08. The average molecular weight is 225 g/mol. The Bertz CT molecular complexity index is 290. The van der Waals surface area contributed by atoms with Gasteiger partial charge in [-0.1, -0.05) is 12.2 Å². The van der Waals surface area contributed by atoms with Gasteiger partial charge in [-0.25, -0.2) is 0 Å². The number of allylic oxidation sites excluding steroid dienone is 1. The Morgan fingerprint density at radius 2 is 2.38 bits per heavy atom. The summed E-state index contributed by atoms with van der Waals surface area (Å²) in [7, 11) is 1.40. The van der Waals surface area contributed by atoms with Crippen molar-refractivity contribution < 1.29 is 14.6 Å². The molecule has 1 aliphatic heterocycles. The molecule has 1 saturated heterocycles. The quantitative estimate of drug-likeness (QED) is 0.555. The van der Waals surface area contributed by atoms with E-state index in [1.54, 1.807) is 0 Å². The average Bonchev–Trinajstić information content (AvgIpc) is 2.71. The zero-order chi connectivity index (χ0) is 11.5. The zero-order valence-corrected chi connectivity index (χ0v) is 9.63. The van der Waals surface area contributed by atoms with Crippen LogP contribution in [0.1, 0.15) is 25.7 Å². The molecule has 0 saturated carbocycles. The van der Waals surface area contributed by atoms with Gasteiger partial charge < -0.3 is 9.84 Å². The maximum atomic E-state index is 11.6. The molecule has 1 unspecified atom stereocenters. The molecular weight excluding hydrogens is 206 g/mol. The molecule has 1 fully saturated rings. The Hall–Kier alpha value is -0.870. The fourth-order valence-corrected chi connectivity index (χ4v) is 2.64. The number of likely N-dealkylation sites (tertiary alicyclic amines) is 1. The van der Waals surface area contributed by atoms with Gasteiger partial charge in [-0.05, 0) is 19.3 Å². The van der Waals surface area contributed by atoms with Gasteiger partial charge in [-0.2, -0.15) is 0 Å². The maximum absolute atomic E-state index is 11.6. The van der Waals surface area contributed by atoms with Crippen molar-refractivity contribution in [3.63, 3.8) is 0 Å². The third-order valence-corrected chi connectivity index (χ3v) is 3.45. The number of aliphatic hydroxyl groups excluding tert-OH is 1. The molecule has 0 radical (unpaired) electrons. The van der Waals surface area contributed by atoms with E-state index in [1.165, 1.54) is 7.11 Å². The molecule has 4 heteroatoms. The van der Waals surface area contributed by atoms with Gasteiger partial charge in [0.25, 0.3) is 0 Å². The molecule has 2 rings (SSSR count). The number of rotatable bonds is 2. The highest BCUT2D eigenvalue weighted by atomic mass is 16.5. The largest absolute Gasteiger partial charge is 0.468 e. The minimum Gasteiger partial charge on any atom is -0.468 e. The standard InChI is InChI=1S/C12H19NO3/c1-16-12(15)11-7-10(14)8-13(11)9-5-3-2-4-6-9/h3,5,9-11,14H,2,4,6-8H2,1H3/t9?,10-,11-/m0/s1. The molecule has 90 valence electrons. The molecule has 4 nitrogen and oxygen atoms in total. The van der Waals surface area contributed by atoms with Crippen LogP contribution in [-0.4, -0.2) is 47.8 Å². The van der Waals surface area contributed by atoms with Crippen molar-refractivity contribution in [3.05, 3.63) is 12.2 Å². The highest BCUT2D eigenvalue weighted by Gasteiger charge is 2.39. The predicted octanol–water partition coefficient (Wildman–Crippen LogP) is 0.703. The topological polar surface area (TPSA) is 49.8 Å². The van der Waals surface area contributed by atoms with Gasteiger partial charge in [0.1, 0.15) is 6.04 Å². The first-order valence-electron chi connectivity index (χ1n) is 5.90. The van der Waals surface area contributed by atoms with Crippen LogP contribution < -0.4 is 0 Å². The van der Waals surface area contributed by atoms with E-state index >= 15 is 0 Å². The smallest absolute Gasteiger partial charge is 0.323 e. The molecule has 0 aromatic rings. The van der Waals surface area contributed by atoms with Gasteiger partial charge >= 0.3 is 5.97 Å². The van der Waals surface area contributed by atoms with Crippen LogP contribution >= 0.6 is 0 Å². The zero-order valence-electron chi connectivity index (χ0n) is 9.63. The van der Waals surface area contributed by atoms with Gasteiger partial charge in [0.05, 0.1) is 13.2 Å². The van der Waals surface area contributed by atoms with Crippen LogP contribution in [-0.2, 0) is 9.53 Å². The second-order valence-corrected chi connectivity index (χ2v) is 4.55. The maximum Gasteiger partial charge on any atom is 0.323 e. The van der Waals surface area contributed by atoms with Crippen LogP contribution in [0.15, 0.2) is 12.2 Å². The number of esters is 1. The molecule has 2 aliphatic rings. The van der Waals surface area contributed by atoms with Crippen molar-refractivity contribution in [3.8, 4) is 0 Å². The van der Waals surface area contributed by atoms with E-state index in [0.29, 0.717) is 13.0 Å². The molecule has 1 heterocycles. The number of aliphatic hydroxyl groups is 1. The lowest BCUT2D eigenvalue weighted by Crippen LogP contribution is -2.43. The summed E-state index contributed by atoms with van der Waals surface area (Å²) in [6.07, 6.45) is 7.75. The number of β-amino-alcohol motifs (C(OH)–C–C–N with tert-alkyl or cyclic N) is 1. The van der Waals surface area contributed by atoms with Crippen molar-refractivity contribution in [1.29, 1.82) is 0 Å². The van der Waals surface area contributed by atoms with Gasteiger partial charge in [-0.15, -0.1) is 0 Å². The first-order chi connectivity index (χ1) is 7.72. The molecule has 3 atom stereocenters. The fourth-order valence-electron chi connectivity index (χ4n) is 2.64. The van der Waals surface area contributed by atoms with Crippen molar-refractivity contribution in [2.24, 2.45) is 0 Å². The van der Waals surface area contributed by atoms with E-state index in [9.17, 15) is 9.90 Å². The molecular formula is C12H19NO3. The summed E-state index contributed by atoms with van der Waals surface area (Å²) in [5.74, 6) is -0.226. The monoisotopic (exact) mass is 225 g/mol. The molecule has 0 aromatic heterocycles. The summed E-state index contributed by atoms with van der Waals surface area (Å²) in [5.41, 5.74) is 0. The van der Waals surface area contributed by atoms with Crippen LogP contribution in [0.3, 0.4) is 0 Å². The third-order valence-electron chi connectivity index (χ3n) is 3.45. The number of ether oxygens (including phenoxy) is 1. The van der Waals surface area contributed by atoms with Gasteiger partial charge in [0, 0.05) is 19.0 Å². The first kappa shape index (κ1) is 11.6.